The van der Waals surface area contributed by atoms with Crippen molar-refractivity contribution in [1.82, 2.24) is 0 Å². The molecule has 0 spiro atoms. The Morgan fingerprint density at radius 1 is 0.821 bits per heavy atom. The van der Waals surface area contributed by atoms with Gasteiger partial charge in [-0.1, -0.05) is 67.9 Å². The van der Waals surface area contributed by atoms with Crippen molar-refractivity contribution >= 4 is 12.0 Å². The molecule has 3 rings (SSSR count). The molecule has 0 atom stereocenters. The SMILES string of the molecule is CCCCOc1ccc(/C=C/C(=O)Oc2ccc(-c3ccccc3)cc2)cc1. The van der Waals surface area contributed by atoms with Crippen LogP contribution < -0.4 is 9.47 Å². The van der Waals surface area contributed by atoms with E-state index in [1.165, 1.54) is 6.08 Å². The maximum Gasteiger partial charge on any atom is 0.336 e. The maximum atomic E-state index is 12.0. The van der Waals surface area contributed by atoms with Crippen LogP contribution in [0.1, 0.15) is 25.3 Å². The van der Waals surface area contributed by atoms with Gasteiger partial charge in [0.15, 0.2) is 0 Å². The molecule has 0 fully saturated rings. The smallest absolute Gasteiger partial charge is 0.336 e. The van der Waals surface area contributed by atoms with Gasteiger partial charge in [0.05, 0.1) is 6.61 Å². The van der Waals surface area contributed by atoms with E-state index in [0.29, 0.717) is 5.75 Å². The zero-order chi connectivity index (χ0) is 19.6. The van der Waals surface area contributed by atoms with Gasteiger partial charge in [0.1, 0.15) is 11.5 Å². The molecule has 142 valence electrons. The number of benzene rings is 3. The van der Waals surface area contributed by atoms with E-state index in [0.717, 1.165) is 41.9 Å². The standard InChI is InChI=1S/C25H24O3/c1-2-3-19-27-23-14-9-20(10-15-23)11-18-25(26)28-24-16-12-22(13-17-24)21-7-5-4-6-8-21/h4-18H,2-3,19H2,1H3/b18-11+. The lowest BCUT2D eigenvalue weighted by atomic mass is 10.1. The lowest BCUT2D eigenvalue weighted by Crippen LogP contribution is -2.03. The van der Waals surface area contributed by atoms with Crippen molar-refractivity contribution < 1.29 is 14.3 Å². The molecule has 0 aliphatic rings. The fourth-order valence-electron chi connectivity index (χ4n) is 2.67. The summed E-state index contributed by atoms with van der Waals surface area (Å²) in [7, 11) is 0. The lowest BCUT2D eigenvalue weighted by molar-refractivity contribution is -0.128. The summed E-state index contributed by atoms with van der Waals surface area (Å²) in [4.78, 5) is 12.0. The highest BCUT2D eigenvalue weighted by atomic mass is 16.5. The second kappa shape index (κ2) is 10.1. The summed E-state index contributed by atoms with van der Waals surface area (Å²) in [5, 5.41) is 0. The van der Waals surface area contributed by atoms with Gasteiger partial charge in [-0.15, -0.1) is 0 Å². The fraction of sp³-hybridized carbons (Fsp3) is 0.160. The normalized spacial score (nSPS) is 10.8. The third-order valence-electron chi connectivity index (χ3n) is 4.24. The molecule has 0 heterocycles. The summed E-state index contributed by atoms with van der Waals surface area (Å²) < 4.78 is 11.0. The van der Waals surface area contributed by atoms with Crippen LogP contribution in [0.15, 0.2) is 84.9 Å². The zero-order valence-corrected chi connectivity index (χ0v) is 16.0. The Morgan fingerprint density at radius 2 is 1.46 bits per heavy atom. The summed E-state index contributed by atoms with van der Waals surface area (Å²) in [5.74, 6) is 0.955. The van der Waals surface area contributed by atoms with Crippen LogP contribution in [0.3, 0.4) is 0 Å². The van der Waals surface area contributed by atoms with Gasteiger partial charge in [-0.2, -0.15) is 0 Å². The van der Waals surface area contributed by atoms with Crippen LogP contribution in [-0.2, 0) is 4.79 Å². The second-order valence-electron chi connectivity index (χ2n) is 6.42. The van der Waals surface area contributed by atoms with E-state index < -0.39 is 5.97 Å². The number of ether oxygens (including phenoxy) is 2. The Kier molecular flexibility index (Phi) is 7.02. The van der Waals surface area contributed by atoms with Crippen LogP contribution in [0.4, 0.5) is 0 Å². The molecule has 3 aromatic carbocycles. The van der Waals surface area contributed by atoms with E-state index in [9.17, 15) is 4.79 Å². The van der Waals surface area contributed by atoms with Crippen molar-refractivity contribution in [2.45, 2.75) is 19.8 Å². The van der Waals surface area contributed by atoms with E-state index in [2.05, 4.69) is 6.92 Å². The third kappa shape index (κ3) is 5.85. The highest BCUT2D eigenvalue weighted by molar-refractivity contribution is 5.88. The Morgan fingerprint density at radius 3 is 2.14 bits per heavy atom. The largest absolute Gasteiger partial charge is 0.494 e. The van der Waals surface area contributed by atoms with Gasteiger partial charge < -0.3 is 9.47 Å². The highest BCUT2D eigenvalue weighted by Gasteiger charge is 2.02. The molecule has 0 amide bonds. The van der Waals surface area contributed by atoms with E-state index in [1.54, 1.807) is 18.2 Å². The number of carbonyl (C=O) groups excluding carboxylic acids is 1. The molecule has 0 bridgehead atoms. The molecule has 0 aliphatic heterocycles. The summed E-state index contributed by atoms with van der Waals surface area (Å²) in [5.41, 5.74) is 3.12. The number of carbonyl (C=O) groups is 1. The van der Waals surface area contributed by atoms with Crippen molar-refractivity contribution in [3.8, 4) is 22.6 Å². The number of rotatable bonds is 8. The quantitative estimate of drug-likeness (QED) is 0.206. The van der Waals surface area contributed by atoms with Crippen molar-refractivity contribution in [2.75, 3.05) is 6.61 Å². The van der Waals surface area contributed by atoms with Crippen molar-refractivity contribution in [3.63, 3.8) is 0 Å². The van der Waals surface area contributed by atoms with Gasteiger partial charge in [0.25, 0.3) is 0 Å². The molecule has 0 unspecified atom stereocenters. The average Bonchev–Trinajstić information content (AvgIpc) is 2.74. The van der Waals surface area contributed by atoms with Crippen molar-refractivity contribution in [2.24, 2.45) is 0 Å². The molecule has 28 heavy (non-hydrogen) atoms. The van der Waals surface area contributed by atoms with E-state index >= 15 is 0 Å². The number of esters is 1. The highest BCUT2D eigenvalue weighted by Crippen LogP contribution is 2.22. The topological polar surface area (TPSA) is 35.5 Å². The first-order chi connectivity index (χ1) is 13.7. The van der Waals surface area contributed by atoms with Crippen LogP contribution in [0.2, 0.25) is 0 Å². The first-order valence-corrected chi connectivity index (χ1v) is 9.53. The van der Waals surface area contributed by atoms with Crippen LogP contribution >= 0.6 is 0 Å². The predicted octanol–water partition coefficient (Wildman–Crippen LogP) is 6.15. The third-order valence-corrected chi connectivity index (χ3v) is 4.24. The molecule has 3 aromatic rings. The monoisotopic (exact) mass is 372 g/mol. The van der Waals surface area contributed by atoms with E-state index in [1.807, 2.05) is 66.7 Å². The second-order valence-corrected chi connectivity index (χ2v) is 6.42. The molecule has 0 aliphatic carbocycles. The minimum absolute atomic E-state index is 0.407. The molecular weight excluding hydrogens is 348 g/mol. The van der Waals surface area contributed by atoms with Gasteiger partial charge in [0.2, 0.25) is 0 Å². The zero-order valence-electron chi connectivity index (χ0n) is 16.0. The van der Waals surface area contributed by atoms with Crippen molar-refractivity contribution in [1.29, 1.82) is 0 Å². The number of hydrogen-bond donors (Lipinski definition) is 0. The minimum Gasteiger partial charge on any atom is -0.494 e. The lowest BCUT2D eigenvalue weighted by Gasteiger charge is -2.05. The molecule has 0 aromatic heterocycles. The maximum absolute atomic E-state index is 12.0. The Balaban J connectivity index is 1.53. The predicted molar refractivity (Wildman–Crippen MR) is 113 cm³/mol. The van der Waals surface area contributed by atoms with Crippen LogP contribution in [0.5, 0.6) is 11.5 Å². The van der Waals surface area contributed by atoms with Crippen LogP contribution in [-0.4, -0.2) is 12.6 Å². The van der Waals surface area contributed by atoms with Crippen LogP contribution in [0.25, 0.3) is 17.2 Å². The summed E-state index contributed by atoms with van der Waals surface area (Å²) in [6.45, 7) is 2.86. The first kappa shape index (κ1) is 19.4. The molecule has 3 heteroatoms. The Labute approximate surface area is 166 Å². The van der Waals surface area contributed by atoms with Gasteiger partial charge in [-0.3, -0.25) is 0 Å². The minimum atomic E-state index is -0.407. The molecule has 0 radical (unpaired) electrons. The molecule has 0 N–H and O–H groups in total. The average molecular weight is 372 g/mol. The van der Waals surface area contributed by atoms with Gasteiger partial charge >= 0.3 is 5.97 Å². The molecule has 0 saturated carbocycles. The Bertz CT molecular complexity index is 895. The first-order valence-electron chi connectivity index (χ1n) is 9.53. The van der Waals surface area contributed by atoms with E-state index in [4.69, 9.17) is 9.47 Å². The fourth-order valence-corrected chi connectivity index (χ4v) is 2.67. The van der Waals surface area contributed by atoms with Gasteiger partial charge in [-0.05, 0) is 53.5 Å². The molecule has 0 saturated heterocycles. The van der Waals surface area contributed by atoms with E-state index in [-0.39, 0.29) is 0 Å². The number of unbranched alkanes of at least 4 members (excludes halogenated alkanes) is 1. The molecular formula is C25H24O3. The van der Waals surface area contributed by atoms with Gasteiger partial charge in [-0.25, -0.2) is 4.79 Å². The summed E-state index contributed by atoms with van der Waals surface area (Å²) in [6, 6.07) is 25.2. The van der Waals surface area contributed by atoms with Crippen LogP contribution in [0, 0.1) is 0 Å². The molecule has 3 nitrogen and oxygen atoms in total. The van der Waals surface area contributed by atoms with Gasteiger partial charge in [0, 0.05) is 6.08 Å². The summed E-state index contributed by atoms with van der Waals surface area (Å²) in [6.07, 6.45) is 5.31. The Hall–Kier alpha value is -3.33. The van der Waals surface area contributed by atoms with Crippen molar-refractivity contribution in [3.05, 3.63) is 90.5 Å². The number of hydrogen-bond acceptors (Lipinski definition) is 3. The summed E-state index contributed by atoms with van der Waals surface area (Å²) >= 11 is 0.